The van der Waals surface area contributed by atoms with E-state index < -0.39 is 0 Å². The number of anilines is 2. The minimum atomic E-state index is 0.0562. The molecule has 2 aromatic carbocycles. The molecule has 2 aromatic rings. The summed E-state index contributed by atoms with van der Waals surface area (Å²) in [5.74, 6) is 1.56. The number of hydrogen-bond acceptors (Lipinski definition) is 5. The van der Waals surface area contributed by atoms with E-state index in [-0.39, 0.29) is 6.61 Å². The Balaban J connectivity index is 1.23. The largest absolute Gasteiger partial charge is 0.491 e. The fourth-order valence-electron chi connectivity index (χ4n) is 5.68. The molecule has 0 bridgehead atoms. The highest BCUT2D eigenvalue weighted by Crippen LogP contribution is 2.50. The molecule has 5 nitrogen and oxygen atoms in total. The number of aliphatic hydroxyl groups is 1. The Kier molecular flexibility index (Phi) is 5.57. The van der Waals surface area contributed by atoms with Crippen molar-refractivity contribution in [2.24, 2.45) is 0 Å². The number of para-hydroxylation sites is 2. The van der Waals surface area contributed by atoms with Crippen LogP contribution in [0.25, 0.3) is 0 Å². The fraction of sp³-hybridized carbons (Fsp3) is 0.520. The van der Waals surface area contributed by atoms with Crippen LogP contribution in [0.2, 0.25) is 0 Å². The van der Waals surface area contributed by atoms with Crippen LogP contribution in [-0.4, -0.2) is 69.0 Å². The molecule has 0 unspecified atom stereocenters. The van der Waals surface area contributed by atoms with Gasteiger partial charge in [0.25, 0.3) is 0 Å². The van der Waals surface area contributed by atoms with Crippen LogP contribution in [0.5, 0.6) is 5.75 Å². The second-order valence-electron chi connectivity index (χ2n) is 8.88. The van der Waals surface area contributed by atoms with E-state index in [2.05, 4.69) is 52.1 Å². The number of ether oxygens (including phenoxy) is 1. The second-order valence-corrected chi connectivity index (χ2v) is 8.88. The van der Waals surface area contributed by atoms with Gasteiger partial charge in [0.15, 0.2) is 0 Å². The lowest BCUT2D eigenvalue weighted by Crippen LogP contribution is -2.49. The minimum absolute atomic E-state index is 0.0562. The number of likely N-dealkylation sites (N-methyl/N-ethyl adjacent to an activating group) is 1. The lowest BCUT2D eigenvalue weighted by molar-refractivity contribution is 0.190. The van der Waals surface area contributed by atoms with Gasteiger partial charge in [-0.1, -0.05) is 30.3 Å². The van der Waals surface area contributed by atoms with Crippen LogP contribution in [-0.2, 0) is 6.42 Å². The number of aliphatic hydroxyl groups excluding tert-OH is 1. The van der Waals surface area contributed by atoms with Crippen LogP contribution in [0.1, 0.15) is 29.9 Å². The van der Waals surface area contributed by atoms with Crippen LogP contribution in [0.3, 0.4) is 0 Å². The smallest absolute Gasteiger partial charge is 0.122 e. The van der Waals surface area contributed by atoms with Gasteiger partial charge >= 0.3 is 0 Å². The van der Waals surface area contributed by atoms with Crippen molar-refractivity contribution in [3.05, 3.63) is 53.6 Å². The lowest BCUT2D eigenvalue weighted by atomic mass is 9.89. The second kappa shape index (κ2) is 8.48. The molecule has 3 heterocycles. The third kappa shape index (κ3) is 3.54. The Labute approximate surface area is 179 Å². The van der Waals surface area contributed by atoms with Crippen molar-refractivity contribution in [3.63, 3.8) is 0 Å². The summed E-state index contributed by atoms with van der Waals surface area (Å²) in [6.07, 6.45) is 3.42. The summed E-state index contributed by atoms with van der Waals surface area (Å²) in [6, 6.07) is 15.8. The molecule has 5 heteroatoms. The number of aryl methyl sites for hydroxylation is 1. The molecule has 1 saturated heterocycles. The van der Waals surface area contributed by atoms with E-state index in [9.17, 15) is 0 Å². The van der Waals surface area contributed by atoms with Gasteiger partial charge in [0.2, 0.25) is 0 Å². The van der Waals surface area contributed by atoms with E-state index in [0.29, 0.717) is 18.6 Å². The molecule has 0 saturated carbocycles. The molecule has 1 N–H and O–H groups in total. The van der Waals surface area contributed by atoms with Crippen molar-refractivity contribution in [2.75, 3.05) is 62.8 Å². The maximum absolute atomic E-state index is 9.04. The quantitative estimate of drug-likeness (QED) is 0.764. The Hall–Kier alpha value is -2.24. The predicted octanol–water partition coefficient (Wildman–Crippen LogP) is 3.12. The molecule has 3 aliphatic heterocycles. The summed E-state index contributed by atoms with van der Waals surface area (Å²) >= 11 is 0. The molecule has 0 amide bonds. The van der Waals surface area contributed by atoms with Gasteiger partial charge in [-0.3, -0.25) is 0 Å². The molecule has 2 atom stereocenters. The van der Waals surface area contributed by atoms with E-state index in [4.69, 9.17) is 9.84 Å². The van der Waals surface area contributed by atoms with Crippen LogP contribution in [0.4, 0.5) is 11.4 Å². The molecule has 30 heavy (non-hydrogen) atoms. The van der Waals surface area contributed by atoms with Crippen LogP contribution in [0.15, 0.2) is 42.5 Å². The first-order chi connectivity index (χ1) is 14.8. The number of likely N-dealkylation sites (tertiary alicyclic amines) is 1. The van der Waals surface area contributed by atoms with Crippen LogP contribution < -0.4 is 14.5 Å². The minimum Gasteiger partial charge on any atom is -0.491 e. The average molecular weight is 408 g/mol. The molecule has 0 aromatic heterocycles. The van der Waals surface area contributed by atoms with Gasteiger partial charge in [0.1, 0.15) is 12.4 Å². The highest BCUT2D eigenvalue weighted by molar-refractivity contribution is 5.80. The monoisotopic (exact) mass is 407 g/mol. The van der Waals surface area contributed by atoms with E-state index in [0.717, 1.165) is 38.2 Å². The van der Waals surface area contributed by atoms with Crippen molar-refractivity contribution in [1.82, 2.24) is 4.90 Å². The fourth-order valence-corrected chi connectivity index (χ4v) is 5.68. The normalized spacial score (nSPS) is 22.7. The van der Waals surface area contributed by atoms with Gasteiger partial charge in [0, 0.05) is 45.2 Å². The summed E-state index contributed by atoms with van der Waals surface area (Å²) in [5, 5.41) is 9.04. The SMILES string of the molecule is CN1CCN2c3c(cccc31)[C@@H]1CN(CCCc3ccccc3OCCO)CC[C@@H]12. The first kappa shape index (κ1) is 19.7. The highest BCUT2D eigenvalue weighted by atomic mass is 16.5. The number of rotatable bonds is 7. The van der Waals surface area contributed by atoms with Crippen molar-refractivity contribution >= 4 is 11.4 Å². The molecular formula is C25H33N3O2. The van der Waals surface area contributed by atoms with E-state index in [1.165, 1.54) is 36.4 Å². The summed E-state index contributed by atoms with van der Waals surface area (Å²) < 4.78 is 5.70. The Bertz CT molecular complexity index is 886. The number of hydrogen-bond donors (Lipinski definition) is 1. The van der Waals surface area contributed by atoms with Gasteiger partial charge in [-0.2, -0.15) is 0 Å². The van der Waals surface area contributed by atoms with E-state index in [1.807, 2.05) is 12.1 Å². The zero-order valence-electron chi connectivity index (χ0n) is 18.0. The van der Waals surface area contributed by atoms with Gasteiger partial charge in [0.05, 0.1) is 18.0 Å². The molecule has 0 aliphatic carbocycles. The predicted molar refractivity (Wildman–Crippen MR) is 122 cm³/mol. The maximum atomic E-state index is 9.04. The lowest BCUT2D eigenvalue weighted by Gasteiger charge is -2.41. The van der Waals surface area contributed by atoms with Gasteiger partial charge in [-0.05, 0) is 49.1 Å². The molecule has 1 fully saturated rings. The van der Waals surface area contributed by atoms with Crippen molar-refractivity contribution in [2.45, 2.75) is 31.2 Å². The average Bonchev–Trinajstić information content (AvgIpc) is 3.10. The maximum Gasteiger partial charge on any atom is 0.122 e. The Morgan fingerprint density at radius 1 is 1.07 bits per heavy atom. The molecule has 5 rings (SSSR count). The number of nitrogens with zero attached hydrogens (tertiary/aromatic N) is 3. The Morgan fingerprint density at radius 2 is 1.97 bits per heavy atom. The summed E-state index contributed by atoms with van der Waals surface area (Å²) in [7, 11) is 2.23. The summed E-state index contributed by atoms with van der Waals surface area (Å²) in [4.78, 5) is 7.79. The van der Waals surface area contributed by atoms with E-state index >= 15 is 0 Å². The zero-order valence-corrected chi connectivity index (χ0v) is 18.0. The molecule has 3 aliphatic rings. The summed E-state index contributed by atoms with van der Waals surface area (Å²) in [6.45, 7) is 6.20. The first-order valence-corrected chi connectivity index (χ1v) is 11.4. The van der Waals surface area contributed by atoms with Crippen molar-refractivity contribution in [1.29, 1.82) is 0 Å². The van der Waals surface area contributed by atoms with E-state index in [1.54, 1.807) is 5.56 Å². The standard InChI is InChI=1S/C25H33N3O2/c1-26-14-15-28-22-11-13-27(18-21(22)20-8-4-9-23(26)25(20)28)12-5-7-19-6-2-3-10-24(19)30-17-16-29/h2-4,6,8-10,21-22,29H,5,7,11-18H2,1H3/t21-,22-/m0/s1. The molecular weight excluding hydrogens is 374 g/mol. The van der Waals surface area contributed by atoms with Gasteiger partial charge < -0.3 is 24.5 Å². The van der Waals surface area contributed by atoms with Crippen LogP contribution in [0, 0.1) is 0 Å². The highest BCUT2D eigenvalue weighted by Gasteiger charge is 2.44. The molecule has 0 radical (unpaired) electrons. The number of piperidine rings is 1. The zero-order chi connectivity index (χ0) is 20.5. The summed E-state index contributed by atoms with van der Waals surface area (Å²) in [5.41, 5.74) is 5.74. The third-order valence-corrected chi connectivity index (χ3v) is 7.12. The number of benzene rings is 2. The third-order valence-electron chi connectivity index (χ3n) is 7.12. The van der Waals surface area contributed by atoms with Crippen LogP contribution >= 0.6 is 0 Å². The van der Waals surface area contributed by atoms with Crippen molar-refractivity contribution in [3.8, 4) is 5.75 Å². The van der Waals surface area contributed by atoms with Gasteiger partial charge in [-0.25, -0.2) is 0 Å². The van der Waals surface area contributed by atoms with Gasteiger partial charge in [-0.15, -0.1) is 0 Å². The first-order valence-electron chi connectivity index (χ1n) is 11.4. The Morgan fingerprint density at radius 3 is 2.87 bits per heavy atom. The van der Waals surface area contributed by atoms with Crippen molar-refractivity contribution < 1.29 is 9.84 Å². The number of fused-ring (bicyclic) bond motifs is 3. The topological polar surface area (TPSA) is 39.2 Å². The molecule has 0 spiro atoms. The molecule has 160 valence electrons.